The van der Waals surface area contributed by atoms with Crippen molar-refractivity contribution >= 4 is 11.7 Å². The molecule has 18 heavy (non-hydrogen) atoms. The Bertz CT molecular complexity index is 288. The van der Waals surface area contributed by atoms with Crippen LogP contribution in [-0.2, 0) is 4.79 Å². The van der Waals surface area contributed by atoms with Crippen molar-refractivity contribution in [3.8, 4) is 0 Å². The van der Waals surface area contributed by atoms with Crippen LogP contribution in [0.25, 0.3) is 0 Å². The summed E-state index contributed by atoms with van der Waals surface area (Å²) in [6.45, 7) is 10.0. The molecule has 0 radical (unpaired) electrons. The molecular weight excluding hydrogens is 230 g/mol. The van der Waals surface area contributed by atoms with Crippen LogP contribution >= 0.6 is 0 Å². The summed E-state index contributed by atoms with van der Waals surface area (Å²) in [6, 6.07) is 0.104. The summed E-state index contributed by atoms with van der Waals surface area (Å²) < 4.78 is 0. The number of amidine groups is 1. The number of carbonyl (C=O) groups excluding carboxylic acids is 1. The number of nitrogens with two attached hydrogens (primary N) is 1. The summed E-state index contributed by atoms with van der Waals surface area (Å²) in [6.07, 6.45) is 2.00. The molecule has 4 N–H and O–H groups in total. The first-order chi connectivity index (χ1) is 8.29. The Hall–Kier alpha value is -1.26. The summed E-state index contributed by atoms with van der Waals surface area (Å²) in [4.78, 5) is 12.1. The molecule has 0 aliphatic rings. The Labute approximate surface area is 110 Å². The van der Waals surface area contributed by atoms with Crippen molar-refractivity contribution in [1.29, 1.82) is 0 Å². The van der Waals surface area contributed by atoms with Crippen LogP contribution in [0.3, 0.4) is 0 Å². The van der Waals surface area contributed by atoms with Gasteiger partial charge in [-0.25, -0.2) is 0 Å². The van der Waals surface area contributed by atoms with E-state index >= 15 is 0 Å². The van der Waals surface area contributed by atoms with Gasteiger partial charge in [0.05, 0.1) is 0 Å². The maximum absolute atomic E-state index is 12.1. The minimum Gasteiger partial charge on any atom is -0.409 e. The molecule has 0 bridgehead atoms. The summed E-state index contributed by atoms with van der Waals surface area (Å²) in [5, 5.41) is 14.6. The number of hydrogen-bond donors (Lipinski definition) is 3. The first-order valence-corrected chi connectivity index (χ1v) is 6.57. The molecule has 0 fully saturated rings. The molecular formula is C13H27N3O2. The van der Waals surface area contributed by atoms with Gasteiger partial charge in [0, 0.05) is 6.04 Å². The van der Waals surface area contributed by atoms with E-state index in [0.29, 0.717) is 5.92 Å². The van der Waals surface area contributed by atoms with Crippen LogP contribution in [0.4, 0.5) is 0 Å². The normalized spacial score (nSPS) is 15.8. The van der Waals surface area contributed by atoms with Gasteiger partial charge >= 0.3 is 0 Å². The molecule has 5 heteroatoms. The van der Waals surface area contributed by atoms with Crippen LogP contribution in [0.5, 0.6) is 0 Å². The summed E-state index contributed by atoms with van der Waals surface area (Å²) >= 11 is 0. The molecule has 0 saturated carbocycles. The number of oxime groups is 1. The van der Waals surface area contributed by atoms with Crippen molar-refractivity contribution in [3.05, 3.63) is 0 Å². The van der Waals surface area contributed by atoms with E-state index in [1.807, 2.05) is 20.8 Å². The fraction of sp³-hybridized carbons (Fsp3) is 0.846. The molecule has 0 aliphatic carbocycles. The second kappa shape index (κ2) is 7.95. The average molecular weight is 257 g/mol. The number of carbonyl (C=O) groups is 1. The van der Waals surface area contributed by atoms with Gasteiger partial charge in [-0.3, -0.25) is 4.79 Å². The van der Waals surface area contributed by atoms with Gasteiger partial charge in [0.1, 0.15) is 5.92 Å². The Morgan fingerprint density at radius 2 is 1.78 bits per heavy atom. The monoisotopic (exact) mass is 257 g/mol. The van der Waals surface area contributed by atoms with Gasteiger partial charge in [0.15, 0.2) is 5.84 Å². The summed E-state index contributed by atoms with van der Waals surface area (Å²) in [5.41, 5.74) is 5.56. The largest absolute Gasteiger partial charge is 0.409 e. The molecule has 5 nitrogen and oxygen atoms in total. The fourth-order valence-corrected chi connectivity index (χ4v) is 1.83. The zero-order chi connectivity index (χ0) is 14.3. The van der Waals surface area contributed by atoms with Crippen LogP contribution in [0.1, 0.15) is 47.5 Å². The molecule has 0 aromatic carbocycles. The SMILES string of the molecule is CC(C)CCC(C)NC(=O)C(C(N)=NO)C(C)C. The fourth-order valence-electron chi connectivity index (χ4n) is 1.83. The van der Waals surface area contributed by atoms with Gasteiger partial charge in [-0.2, -0.15) is 0 Å². The Morgan fingerprint density at radius 3 is 2.17 bits per heavy atom. The maximum atomic E-state index is 12.1. The van der Waals surface area contributed by atoms with Crippen molar-refractivity contribution in [2.75, 3.05) is 0 Å². The molecule has 1 amide bonds. The molecule has 0 aromatic rings. The Kier molecular flexibility index (Phi) is 7.39. The van der Waals surface area contributed by atoms with Crippen LogP contribution < -0.4 is 11.1 Å². The van der Waals surface area contributed by atoms with E-state index in [2.05, 4.69) is 24.3 Å². The molecule has 2 atom stereocenters. The lowest BCUT2D eigenvalue weighted by Crippen LogP contribution is -2.45. The minimum absolute atomic E-state index is 0.00167. The van der Waals surface area contributed by atoms with Gasteiger partial charge in [-0.15, -0.1) is 0 Å². The lowest BCUT2D eigenvalue weighted by molar-refractivity contribution is -0.124. The van der Waals surface area contributed by atoms with Crippen LogP contribution in [0, 0.1) is 17.8 Å². The topological polar surface area (TPSA) is 87.7 Å². The average Bonchev–Trinajstić information content (AvgIpc) is 2.25. The van der Waals surface area contributed by atoms with E-state index in [-0.39, 0.29) is 23.7 Å². The molecule has 106 valence electrons. The van der Waals surface area contributed by atoms with Crippen molar-refractivity contribution in [2.24, 2.45) is 28.6 Å². The van der Waals surface area contributed by atoms with E-state index in [9.17, 15) is 4.79 Å². The van der Waals surface area contributed by atoms with Gasteiger partial charge < -0.3 is 16.3 Å². The highest BCUT2D eigenvalue weighted by Gasteiger charge is 2.27. The highest BCUT2D eigenvalue weighted by Crippen LogP contribution is 2.13. The van der Waals surface area contributed by atoms with Gasteiger partial charge in [0.2, 0.25) is 5.91 Å². The third-order valence-electron chi connectivity index (χ3n) is 2.95. The lowest BCUT2D eigenvalue weighted by atomic mass is 9.93. The maximum Gasteiger partial charge on any atom is 0.231 e. The highest BCUT2D eigenvalue weighted by molar-refractivity contribution is 6.02. The second-order valence-electron chi connectivity index (χ2n) is 5.63. The Balaban J connectivity index is 4.43. The zero-order valence-electron chi connectivity index (χ0n) is 12.1. The quantitative estimate of drug-likeness (QED) is 0.282. The van der Waals surface area contributed by atoms with E-state index in [1.165, 1.54) is 0 Å². The van der Waals surface area contributed by atoms with Gasteiger partial charge in [0.25, 0.3) is 0 Å². The molecule has 0 saturated heterocycles. The third-order valence-corrected chi connectivity index (χ3v) is 2.95. The number of nitrogens with zero attached hydrogens (tertiary/aromatic N) is 1. The van der Waals surface area contributed by atoms with E-state index in [0.717, 1.165) is 12.8 Å². The first-order valence-electron chi connectivity index (χ1n) is 6.57. The minimum atomic E-state index is -0.573. The van der Waals surface area contributed by atoms with Crippen molar-refractivity contribution in [3.63, 3.8) is 0 Å². The van der Waals surface area contributed by atoms with Crippen LogP contribution in [0.2, 0.25) is 0 Å². The predicted molar refractivity (Wildman–Crippen MR) is 73.4 cm³/mol. The van der Waals surface area contributed by atoms with E-state index in [1.54, 1.807) is 0 Å². The number of rotatable bonds is 7. The molecule has 0 heterocycles. The summed E-state index contributed by atoms with van der Waals surface area (Å²) in [5.74, 6) is -0.154. The van der Waals surface area contributed by atoms with Crippen molar-refractivity contribution < 1.29 is 10.0 Å². The standard InChI is InChI=1S/C13H27N3O2/c1-8(2)6-7-10(5)15-13(17)11(9(3)4)12(14)16-18/h8-11,18H,6-7H2,1-5H3,(H2,14,16)(H,15,17). The Morgan fingerprint density at radius 1 is 1.22 bits per heavy atom. The molecule has 2 unspecified atom stereocenters. The number of hydrogen-bond acceptors (Lipinski definition) is 3. The molecule has 0 rings (SSSR count). The number of amides is 1. The highest BCUT2D eigenvalue weighted by atomic mass is 16.4. The molecule has 0 aromatic heterocycles. The number of nitrogens with one attached hydrogen (secondary N) is 1. The molecule has 0 aliphatic heterocycles. The van der Waals surface area contributed by atoms with Crippen molar-refractivity contribution in [2.45, 2.75) is 53.5 Å². The molecule has 0 spiro atoms. The zero-order valence-corrected chi connectivity index (χ0v) is 12.1. The third kappa shape index (κ3) is 5.89. The smallest absolute Gasteiger partial charge is 0.231 e. The van der Waals surface area contributed by atoms with Crippen LogP contribution in [-0.4, -0.2) is 23.0 Å². The predicted octanol–water partition coefficient (Wildman–Crippen LogP) is 1.95. The second-order valence-corrected chi connectivity index (χ2v) is 5.63. The van der Waals surface area contributed by atoms with Crippen molar-refractivity contribution in [1.82, 2.24) is 5.32 Å². The van der Waals surface area contributed by atoms with Crippen LogP contribution in [0.15, 0.2) is 5.16 Å². The lowest BCUT2D eigenvalue weighted by Gasteiger charge is -2.22. The van der Waals surface area contributed by atoms with E-state index < -0.39 is 5.92 Å². The van der Waals surface area contributed by atoms with E-state index in [4.69, 9.17) is 10.9 Å². The summed E-state index contributed by atoms with van der Waals surface area (Å²) in [7, 11) is 0. The first kappa shape index (κ1) is 16.7. The van der Waals surface area contributed by atoms with Gasteiger partial charge in [-0.05, 0) is 31.6 Å². The van der Waals surface area contributed by atoms with Gasteiger partial charge in [-0.1, -0.05) is 32.9 Å².